The second-order valence-corrected chi connectivity index (χ2v) is 5.19. The fourth-order valence-corrected chi connectivity index (χ4v) is 2.18. The lowest BCUT2D eigenvalue weighted by Gasteiger charge is -2.15. The summed E-state index contributed by atoms with van der Waals surface area (Å²) in [5.74, 6) is 1.14. The minimum absolute atomic E-state index is 0.200. The van der Waals surface area contributed by atoms with Crippen molar-refractivity contribution >= 4 is 0 Å². The maximum atomic E-state index is 9.48. The molecule has 0 radical (unpaired) electrons. The molecule has 2 aromatic rings. The first-order valence-corrected chi connectivity index (χ1v) is 7.12. The quantitative estimate of drug-likeness (QED) is 0.832. The van der Waals surface area contributed by atoms with E-state index in [9.17, 15) is 5.11 Å². The second-order valence-electron chi connectivity index (χ2n) is 5.19. The van der Waals surface area contributed by atoms with E-state index in [0.717, 1.165) is 18.6 Å². The molecule has 2 rings (SSSR count). The van der Waals surface area contributed by atoms with Crippen molar-refractivity contribution in [1.82, 2.24) is 0 Å². The number of aliphatic hydroxyl groups excluding tert-OH is 1. The van der Waals surface area contributed by atoms with Crippen LogP contribution in [0.3, 0.4) is 0 Å². The third kappa shape index (κ3) is 4.71. The van der Waals surface area contributed by atoms with Gasteiger partial charge in [0.05, 0.1) is 6.61 Å². The SMILES string of the molecule is Cc1ccc(CC(CO)CCOc2ccccc2)cc1. The van der Waals surface area contributed by atoms with Gasteiger partial charge in [-0.1, -0.05) is 48.0 Å². The zero-order chi connectivity index (χ0) is 14.2. The predicted molar refractivity (Wildman–Crippen MR) is 82.0 cm³/mol. The largest absolute Gasteiger partial charge is 0.494 e. The Balaban J connectivity index is 1.79. The minimum atomic E-state index is 0.200. The third-order valence-corrected chi connectivity index (χ3v) is 3.44. The molecule has 1 atom stereocenters. The van der Waals surface area contributed by atoms with Crippen LogP contribution in [-0.4, -0.2) is 18.3 Å². The predicted octanol–water partition coefficient (Wildman–Crippen LogP) is 3.62. The van der Waals surface area contributed by atoms with Gasteiger partial charge in [-0.3, -0.25) is 0 Å². The zero-order valence-electron chi connectivity index (χ0n) is 12.0. The fraction of sp³-hybridized carbons (Fsp3) is 0.333. The summed E-state index contributed by atoms with van der Waals surface area (Å²) in [7, 11) is 0. The molecule has 1 unspecified atom stereocenters. The molecular weight excluding hydrogens is 248 g/mol. The standard InChI is InChI=1S/C18H22O2/c1-15-7-9-16(10-8-15)13-17(14-19)11-12-20-18-5-3-2-4-6-18/h2-10,17,19H,11-14H2,1H3. The second kappa shape index (κ2) is 7.71. The molecule has 0 fully saturated rings. The van der Waals surface area contributed by atoms with Crippen LogP contribution in [0.5, 0.6) is 5.75 Å². The molecule has 2 aromatic carbocycles. The summed E-state index contributed by atoms with van der Waals surface area (Å²) in [5.41, 5.74) is 2.54. The maximum absolute atomic E-state index is 9.48. The van der Waals surface area contributed by atoms with Crippen LogP contribution in [0.25, 0.3) is 0 Å². The van der Waals surface area contributed by atoms with Crippen LogP contribution >= 0.6 is 0 Å². The van der Waals surface area contributed by atoms with Crippen molar-refractivity contribution in [1.29, 1.82) is 0 Å². The van der Waals surface area contributed by atoms with E-state index >= 15 is 0 Å². The average Bonchev–Trinajstić information content (AvgIpc) is 2.49. The fourth-order valence-electron chi connectivity index (χ4n) is 2.18. The van der Waals surface area contributed by atoms with E-state index in [0.29, 0.717) is 6.61 Å². The third-order valence-electron chi connectivity index (χ3n) is 3.44. The number of hydrogen-bond acceptors (Lipinski definition) is 2. The molecule has 0 aliphatic carbocycles. The maximum Gasteiger partial charge on any atom is 0.119 e. The first-order chi connectivity index (χ1) is 9.78. The van der Waals surface area contributed by atoms with Gasteiger partial charge >= 0.3 is 0 Å². The lowest BCUT2D eigenvalue weighted by Crippen LogP contribution is -2.14. The van der Waals surface area contributed by atoms with Crippen LogP contribution in [0.4, 0.5) is 0 Å². The molecule has 2 nitrogen and oxygen atoms in total. The van der Waals surface area contributed by atoms with Gasteiger partial charge in [-0.15, -0.1) is 0 Å². The lowest BCUT2D eigenvalue weighted by atomic mass is 9.97. The molecule has 0 aliphatic rings. The molecule has 20 heavy (non-hydrogen) atoms. The highest BCUT2D eigenvalue weighted by molar-refractivity contribution is 5.22. The van der Waals surface area contributed by atoms with E-state index in [1.165, 1.54) is 11.1 Å². The van der Waals surface area contributed by atoms with Gasteiger partial charge in [-0.25, -0.2) is 0 Å². The van der Waals surface area contributed by atoms with Crippen molar-refractivity contribution in [3.05, 3.63) is 65.7 Å². The topological polar surface area (TPSA) is 29.5 Å². The highest BCUT2D eigenvalue weighted by atomic mass is 16.5. The molecule has 0 aromatic heterocycles. The van der Waals surface area contributed by atoms with Crippen molar-refractivity contribution in [3.63, 3.8) is 0 Å². The van der Waals surface area contributed by atoms with E-state index < -0.39 is 0 Å². The van der Waals surface area contributed by atoms with Crippen LogP contribution in [0.15, 0.2) is 54.6 Å². The van der Waals surface area contributed by atoms with Crippen LogP contribution in [0.2, 0.25) is 0 Å². The molecule has 1 N–H and O–H groups in total. The number of benzene rings is 2. The van der Waals surface area contributed by atoms with Gasteiger partial charge in [-0.2, -0.15) is 0 Å². The van der Waals surface area contributed by atoms with E-state index in [2.05, 4.69) is 31.2 Å². The van der Waals surface area contributed by atoms with Gasteiger partial charge < -0.3 is 9.84 Å². The van der Waals surface area contributed by atoms with Gasteiger partial charge in [0.1, 0.15) is 5.75 Å². The summed E-state index contributed by atoms with van der Waals surface area (Å²) in [5, 5.41) is 9.48. The highest BCUT2D eigenvalue weighted by Gasteiger charge is 2.09. The van der Waals surface area contributed by atoms with Crippen molar-refractivity contribution in [3.8, 4) is 5.75 Å². The molecule has 0 saturated carbocycles. The monoisotopic (exact) mass is 270 g/mol. The van der Waals surface area contributed by atoms with Gasteiger partial charge in [0.25, 0.3) is 0 Å². The van der Waals surface area contributed by atoms with Crippen molar-refractivity contribution < 1.29 is 9.84 Å². The summed E-state index contributed by atoms with van der Waals surface area (Å²) in [6.07, 6.45) is 1.76. The summed E-state index contributed by atoms with van der Waals surface area (Å²) in [6, 6.07) is 18.3. The van der Waals surface area contributed by atoms with Crippen LogP contribution < -0.4 is 4.74 Å². The summed E-state index contributed by atoms with van der Waals surface area (Å²) in [6.45, 7) is 2.92. The van der Waals surface area contributed by atoms with Crippen molar-refractivity contribution in [2.24, 2.45) is 5.92 Å². The molecule has 0 amide bonds. The molecule has 2 heteroatoms. The molecule has 0 spiro atoms. The van der Waals surface area contributed by atoms with Crippen molar-refractivity contribution in [2.45, 2.75) is 19.8 Å². The molecular formula is C18H22O2. The first-order valence-electron chi connectivity index (χ1n) is 7.12. The molecule has 0 heterocycles. The van der Waals surface area contributed by atoms with E-state index in [-0.39, 0.29) is 12.5 Å². The van der Waals surface area contributed by atoms with Gasteiger partial charge in [0, 0.05) is 6.61 Å². The van der Waals surface area contributed by atoms with Gasteiger partial charge in [-0.05, 0) is 43.4 Å². The number of para-hydroxylation sites is 1. The Bertz CT molecular complexity index is 491. The number of ether oxygens (including phenoxy) is 1. The summed E-state index contributed by atoms with van der Waals surface area (Å²) in [4.78, 5) is 0. The Morgan fingerprint density at radius 2 is 1.70 bits per heavy atom. The normalized spacial score (nSPS) is 12.1. The first kappa shape index (κ1) is 14.6. The summed E-state index contributed by atoms with van der Waals surface area (Å²) < 4.78 is 5.68. The molecule has 0 aliphatic heterocycles. The number of aryl methyl sites for hydroxylation is 1. The molecule has 0 saturated heterocycles. The summed E-state index contributed by atoms with van der Waals surface area (Å²) >= 11 is 0. The number of hydrogen-bond donors (Lipinski definition) is 1. The minimum Gasteiger partial charge on any atom is -0.494 e. The van der Waals surface area contributed by atoms with Crippen LogP contribution in [0.1, 0.15) is 17.5 Å². The Morgan fingerprint density at radius 3 is 2.35 bits per heavy atom. The highest BCUT2D eigenvalue weighted by Crippen LogP contribution is 2.15. The molecule has 0 bridgehead atoms. The number of aliphatic hydroxyl groups is 1. The lowest BCUT2D eigenvalue weighted by molar-refractivity contribution is 0.190. The van der Waals surface area contributed by atoms with E-state index in [1.54, 1.807) is 0 Å². The van der Waals surface area contributed by atoms with E-state index in [1.807, 2.05) is 30.3 Å². The smallest absolute Gasteiger partial charge is 0.119 e. The van der Waals surface area contributed by atoms with Crippen LogP contribution in [-0.2, 0) is 6.42 Å². The van der Waals surface area contributed by atoms with Gasteiger partial charge in [0.15, 0.2) is 0 Å². The Morgan fingerprint density at radius 1 is 1.00 bits per heavy atom. The molecule has 106 valence electrons. The zero-order valence-corrected chi connectivity index (χ0v) is 12.0. The Hall–Kier alpha value is -1.80. The van der Waals surface area contributed by atoms with Crippen LogP contribution in [0, 0.1) is 12.8 Å². The number of rotatable bonds is 7. The average molecular weight is 270 g/mol. The van der Waals surface area contributed by atoms with Gasteiger partial charge in [0.2, 0.25) is 0 Å². The van der Waals surface area contributed by atoms with E-state index in [4.69, 9.17) is 4.74 Å². The van der Waals surface area contributed by atoms with Crippen molar-refractivity contribution in [2.75, 3.05) is 13.2 Å². The Kier molecular flexibility index (Phi) is 5.63. The Labute approximate surface area is 121 Å².